The van der Waals surface area contributed by atoms with Gasteiger partial charge < -0.3 is 14.6 Å². The summed E-state index contributed by atoms with van der Waals surface area (Å²) in [4.78, 5) is 12.2. The smallest absolute Gasteiger partial charge is 0.338 e. The Labute approximate surface area is 135 Å². The maximum Gasteiger partial charge on any atom is 0.338 e. The lowest BCUT2D eigenvalue weighted by Gasteiger charge is -2.27. The molecule has 1 aliphatic carbocycles. The summed E-state index contributed by atoms with van der Waals surface area (Å²) in [5.41, 5.74) is 2.94. The van der Waals surface area contributed by atoms with Gasteiger partial charge in [0.05, 0.1) is 19.8 Å². The highest BCUT2D eigenvalue weighted by molar-refractivity contribution is 5.98. The second kappa shape index (κ2) is 6.16. The van der Waals surface area contributed by atoms with Crippen LogP contribution < -0.4 is 4.74 Å². The maximum atomic E-state index is 12.2. The molecule has 2 aromatic carbocycles. The molecular weight excluding hydrogens is 292 g/mol. The quantitative estimate of drug-likeness (QED) is 0.882. The minimum absolute atomic E-state index is 0.000446. The standard InChI is InChI=1S/C19H18O4/c1-22-14-9-7-12(8-10-14)16-11-13-5-3-4-6-15(13)18(20)17(16)19(21)23-2/h3-10,16,20H,11H2,1-2H3. The number of methoxy groups -OCH3 is 2. The van der Waals surface area contributed by atoms with E-state index in [2.05, 4.69) is 0 Å². The molecule has 23 heavy (non-hydrogen) atoms. The molecule has 0 saturated heterocycles. The van der Waals surface area contributed by atoms with Gasteiger partial charge in [0.2, 0.25) is 0 Å². The highest BCUT2D eigenvalue weighted by Gasteiger charge is 2.33. The third-order valence-electron chi connectivity index (χ3n) is 4.22. The summed E-state index contributed by atoms with van der Waals surface area (Å²) in [5.74, 6) is -0.00151. The van der Waals surface area contributed by atoms with Crippen LogP contribution in [0.5, 0.6) is 5.75 Å². The van der Waals surface area contributed by atoms with Crippen LogP contribution in [0.25, 0.3) is 5.76 Å². The van der Waals surface area contributed by atoms with Crippen LogP contribution in [-0.2, 0) is 16.0 Å². The fourth-order valence-corrected chi connectivity index (χ4v) is 3.03. The SMILES string of the molecule is COC(=O)C1=C(O)c2ccccc2CC1c1ccc(OC)cc1. The van der Waals surface area contributed by atoms with Crippen molar-refractivity contribution in [2.75, 3.05) is 14.2 Å². The van der Waals surface area contributed by atoms with Gasteiger partial charge in [0.1, 0.15) is 11.5 Å². The lowest BCUT2D eigenvalue weighted by molar-refractivity contribution is -0.136. The molecule has 0 amide bonds. The molecule has 118 valence electrons. The normalized spacial score (nSPS) is 16.7. The lowest BCUT2D eigenvalue weighted by atomic mass is 9.78. The van der Waals surface area contributed by atoms with E-state index < -0.39 is 5.97 Å². The van der Waals surface area contributed by atoms with E-state index in [1.165, 1.54) is 7.11 Å². The van der Waals surface area contributed by atoms with E-state index in [1.54, 1.807) is 7.11 Å². The van der Waals surface area contributed by atoms with Crippen LogP contribution in [-0.4, -0.2) is 25.3 Å². The number of aliphatic hydroxyl groups excluding tert-OH is 1. The van der Waals surface area contributed by atoms with Crippen LogP contribution in [0.3, 0.4) is 0 Å². The highest BCUT2D eigenvalue weighted by Crippen LogP contribution is 2.40. The Kier molecular flexibility index (Phi) is 4.06. The Bertz CT molecular complexity index is 759. The van der Waals surface area contributed by atoms with Crippen molar-refractivity contribution in [2.45, 2.75) is 12.3 Å². The van der Waals surface area contributed by atoms with Gasteiger partial charge in [-0.3, -0.25) is 0 Å². The Balaban J connectivity index is 2.11. The van der Waals surface area contributed by atoms with Crippen molar-refractivity contribution in [3.05, 3.63) is 70.8 Å². The summed E-state index contributed by atoms with van der Waals surface area (Å²) in [6, 6.07) is 15.1. The number of hydrogen-bond donors (Lipinski definition) is 1. The van der Waals surface area contributed by atoms with Crippen molar-refractivity contribution in [1.82, 2.24) is 0 Å². The second-order valence-electron chi connectivity index (χ2n) is 5.44. The summed E-state index contributed by atoms with van der Waals surface area (Å²) in [5, 5.41) is 10.6. The molecule has 1 N–H and O–H groups in total. The van der Waals surface area contributed by atoms with Crippen molar-refractivity contribution < 1.29 is 19.4 Å². The number of esters is 1. The van der Waals surface area contributed by atoms with Gasteiger partial charge in [-0.05, 0) is 29.7 Å². The number of aliphatic hydroxyl groups is 1. The summed E-state index contributed by atoms with van der Waals surface area (Å²) in [6.07, 6.45) is 0.636. The summed E-state index contributed by atoms with van der Waals surface area (Å²) >= 11 is 0. The number of carbonyl (C=O) groups is 1. The molecule has 0 aliphatic heterocycles. The van der Waals surface area contributed by atoms with Gasteiger partial charge in [0.25, 0.3) is 0 Å². The van der Waals surface area contributed by atoms with Gasteiger partial charge >= 0.3 is 5.97 Å². The number of benzene rings is 2. The van der Waals surface area contributed by atoms with Gasteiger partial charge in [-0.25, -0.2) is 4.79 Å². The van der Waals surface area contributed by atoms with Crippen molar-refractivity contribution in [3.63, 3.8) is 0 Å². The number of carbonyl (C=O) groups excluding carboxylic acids is 1. The molecule has 0 radical (unpaired) electrons. The van der Waals surface area contributed by atoms with Gasteiger partial charge in [-0.15, -0.1) is 0 Å². The number of ether oxygens (including phenoxy) is 2. The fourth-order valence-electron chi connectivity index (χ4n) is 3.03. The van der Waals surface area contributed by atoms with Crippen LogP contribution >= 0.6 is 0 Å². The minimum atomic E-state index is -0.502. The second-order valence-corrected chi connectivity index (χ2v) is 5.44. The average molecular weight is 310 g/mol. The van der Waals surface area contributed by atoms with Crippen LogP contribution in [0.1, 0.15) is 22.6 Å². The van der Waals surface area contributed by atoms with Gasteiger partial charge in [-0.1, -0.05) is 36.4 Å². The van der Waals surface area contributed by atoms with Crippen molar-refractivity contribution in [2.24, 2.45) is 0 Å². The first-order valence-electron chi connectivity index (χ1n) is 7.39. The zero-order chi connectivity index (χ0) is 16.4. The average Bonchev–Trinajstić information content (AvgIpc) is 2.61. The predicted molar refractivity (Wildman–Crippen MR) is 87.4 cm³/mol. The molecule has 4 heteroatoms. The van der Waals surface area contributed by atoms with Gasteiger partial charge in [0.15, 0.2) is 0 Å². The fraction of sp³-hybridized carbons (Fsp3) is 0.211. The van der Waals surface area contributed by atoms with Gasteiger partial charge in [-0.2, -0.15) is 0 Å². The van der Waals surface area contributed by atoms with Crippen molar-refractivity contribution in [1.29, 1.82) is 0 Å². The van der Waals surface area contributed by atoms with E-state index in [9.17, 15) is 9.90 Å². The Morgan fingerprint density at radius 2 is 1.78 bits per heavy atom. The third-order valence-corrected chi connectivity index (χ3v) is 4.22. The first-order chi connectivity index (χ1) is 11.2. The van der Waals surface area contributed by atoms with Crippen molar-refractivity contribution >= 4 is 11.7 Å². The largest absolute Gasteiger partial charge is 0.507 e. The highest BCUT2D eigenvalue weighted by atomic mass is 16.5. The van der Waals surface area contributed by atoms with Crippen molar-refractivity contribution in [3.8, 4) is 5.75 Å². The molecule has 2 aromatic rings. The monoisotopic (exact) mass is 310 g/mol. The summed E-state index contributed by atoms with van der Waals surface area (Å²) in [6.45, 7) is 0. The molecule has 1 aliphatic rings. The van der Waals surface area contributed by atoms with E-state index in [0.29, 0.717) is 17.6 Å². The third kappa shape index (κ3) is 2.68. The van der Waals surface area contributed by atoms with E-state index in [0.717, 1.165) is 16.9 Å². The van der Waals surface area contributed by atoms with E-state index in [4.69, 9.17) is 9.47 Å². The molecule has 1 atom stereocenters. The first-order valence-corrected chi connectivity index (χ1v) is 7.39. The topological polar surface area (TPSA) is 55.8 Å². The number of rotatable bonds is 3. The molecule has 0 aromatic heterocycles. The number of fused-ring (bicyclic) bond motifs is 1. The van der Waals surface area contributed by atoms with Crippen LogP contribution in [0, 0.1) is 0 Å². The predicted octanol–water partition coefficient (Wildman–Crippen LogP) is 3.48. The Morgan fingerprint density at radius 1 is 1.09 bits per heavy atom. The molecular formula is C19H18O4. The molecule has 0 bridgehead atoms. The number of hydrogen-bond acceptors (Lipinski definition) is 4. The van der Waals surface area contributed by atoms with Crippen LogP contribution in [0.15, 0.2) is 54.1 Å². The van der Waals surface area contributed by atoms with Gasteiger partial charge in [0, 0.05) is 11.5 Å². The molecule has 3 rings (SSSR count). The zero-order valence-electron chi connectivity index (χ0n) is 13.1. The lowest BCUT2D eigenvalue weighted by Crippen LogP contribution is -2.22. The molecule has 0 fully saturated rings. The molecule has 0 heterocycles. The zero-order valence-corrected chi connectivity index (χ0v) is 13.1. The minimum Gasteiger partial charge on any atom is -0.507 e. The summed E-state index contributed by atoms with van der Waals surface area (Å²) in [7, 11) is 2.94. The van der Waals surface area contributed by atoms with Crippen LogP contribution in [0.4, 0.5) is 0 Å². The molecule has 0 spiro atoms. The molecule has 4 nitrogen and oxygen atoms in total. The Morgan fingerprint density at radius 3 is 2.43 bits per heavy atom. The van der Waals surface area contributed by atoms with E-state index >= 15 is 0 Å². The van der Waals surface area contributed by atoms with E-state index in [1.807, 2.05) is 48.5 Å². The molecule has 1 unspecified atom stereocenters. The Hall–Kier alpha value is -2.75. The maximum absolute atomic E-state index is 12.2. The molecule has 0 saturated carbocycles. The summed E-state index contributed by atoms with van der Waals surface area (Å²) < 4.78 is 10.1. The van der Waals surface area contributed by atoms with E-state index in [-0.39, 0.29) is 11.7 Å². The van der Waals surface area contributed by atoms with Crippen LogP contribution in [0.2, 0.25) is 0 Å². The first kappa shape index (κ1) is 15.2.